The molecule has 0 atom stereocenters. The quantitative estimate of drug-likeness (QED) is 0.622. The first-order valence-corrected chi connectivity index (χ1v) is 6.85. The number of benzene rings is 1. The Kier molecular flexibility index (Phi) is 8.08. The first-order valence-electron chi connectivity index (χ1n) is 6.85. The third-order valence-electron chi connectivity index (χ3n) is 2.89. The van der Waals surface area contributed by atoms with E-state index in [1.54, 1.807) is 7.11 Å². The van der Waals surface area contributed by atoms with E-state index >= 15 is 0 Å². The van der Waals surface area contributed by atoms with E-state index in [1.807, 2.05) is 35.2 Å². The van der Waals surface area contributed by atoms with E-state index in [9.17, 15) is 9.59 Å². The van der Waals surface area contributed by atoms with E-state index in [2.05, 4.69) is 5.32 Å². The number of carbonyl (C=O) groups excluding carboxylic acids is 1. The number of carboxylic acids is 1. The predicted octanol–water partition coefficient (Wildman–Crippen LogP) is 0.726. The molecule has 2 N–H and O–H groups in total. The first-order chi connectivity index (χ1) is 10.1. The summed E-state index contributed by atoms with van der Waals surface area (Å²) in [7, 11) is 1.57. The van der Waals surface area contributed by atoms with Gasteiger partial charge >= 0.3 is 5.97 Å². The van der Waals surface area contributed by atoms with Crippen LogP contribution in [-0.2, 0) is 20.9 Å². The highest BCUT2D eigenvalue weighted by Gasteiger charge is 2.12. The summed E-state index contributed by atoms with van der Waals surface area (Å²) >= 11 is 0. The highest BCUT2D eigenvalue weighted by Crippen LogP contribution is 2.05. The smallest absolute Gasteiger partial charge is 0.304 e. The molecule has 6 nitrogen and oxygen atoms in total. The van der Waals surface area contributed by atoms with Gasteiger partial charge in [-0.25, -0.2) is 0 Å². The molecule has 0 aliphatic carbocycles. The van der Waals surface area contributed by atoms with Crippen molar-refractivity contribution in [3.63, 3.8) is 0 Å². The SMILES string of the molecule is COCCNC(=O)CN(CCC(=O)O)Cc1ccccc1. The largest absolute Gasteiger partial charge is 0.481 e. The summed E-state index contributed by atoms with van der Waals surface area (Å²) in [4.78, 5) is 24.3. The van der Waals surface area contributed by atoms with Gasteiger partial charge in [0, 0.05) is 26.7 Å². The number of aliphatic carboxylic acids is 1. The molecule has 0 aliphatic heterocycles. The fraction of sp³-hybridized carbons (Fsp3) is 0.467. The average molecular weight is 294 g/mol. The minimum Gasteiger partial charge on any atom is -0.481 e. The number of hydrogen-bond acceptors (Lipinski definition) is 4. The minimum absolute atomic E-state index is 0.0121. The molecule has 1 aromatic carbocycles. The van der Waals surface area contributed by atoms with Crippen LogP contribution in [-0.4, -0.2) is 55.2 Å². The van der Waals surface area contributed by atoms with Gasteiger partial charge in [0.25, 0.3) is 0 Å². The zero-order valence-electron chi connectivity index (χ0n) is 12.2. The lowest BCUT2D eigenvalue weighted by molar-refractivity contribution is -0.137. The van der Waals surface area contributed by atoms with E-state index in [4.69, 9.17) is 9.84 Å². The highest BCUT2D eigenvalue weighted by atomic mass is 16.5. The second kappa shape index (κ2) is 9.90. The average Bonchev–Trinajstić information content (AvgIpc) is 2.46. The number of rotatable bonds is 10. The maximum Gasteiger partial charge on any atom is 0.304 e. The van der Waals surface area contributed by atoms with Crippen molar-refractivity contribution in [2.45, 2.75) is 13.0 Å². The lowest BCUT2D eigenvalue weighted by Gasteiger charge is -2.21. The molecule has 0 bridgehead atoms. The van der Waals surface area contributed by atoms with Gasteiger partial charge in [-0.1, -0.05) is 30.3 Å². The maximum atomic E-state index is 11.8. The molecule has 0 saturated heterocycles. The molecule has 0 aliphatic rings. The van der Waals surface area contributed by atoms with Gasteiger partial charge in [0.15, 0.2) is 0 Å². The number of amides is 1. The van der Waals surface area contributed by atoms with Crippen LogP contribution in [0.25, 0.3) is 0 Å². The van der Waals surface area contributed by atoms with E-state index in [-0.39, 0.29) is 18.9 Å². The van der Waals surface area contributed by atoms with Crippen molar-refractivity contribution in [2.75, 3.05) is 33.4 Å². The van der Waals surface area contributed by atoms with Crippen LogP contribution in [0, 0.1) is 0 Å². The molecule has 1 rings (SSSR count). The van der Waals surface area contributed by atoms with Gasteiger partial charge in [-0.2, -0.15) is 0 Å². The Balaban J connectivity index is 2.51. The fourth-order valence-corrected chi connectivity index (χ4v) is 1.86. The van der Waals surface area contributed by atoms with E-state index in [0.29, 0.717) is 26.2 Å². The van der Waals surface area contributed by atoms with E-state index in [1.165, 1.54) is 0 Å². The summed E-state index contributed by atoms with van der Waals surface area (Å²) in [5.41, 5.74) is 1.05. The summed E-state index contributed by atoms with van der Waals surface area (Å²) in [6.07, 6.45) is 0.0121. The zero-order valence-corrected chi connectivity index (χ0v) is 12.2. The predicted molar refractivity (Wildman–Crippen MR) is 78.9 cm³/mol. The number of nitrogens with one attached hydrogen (secondary N) is 1. The molecule has 1 aromatic rings. The summed E-state index contributed by atoms with van der Waals surface area (Å²) in [6, 6.07) is 9.67. The van der Waals surface area contributed by atoms with Crippen LogP contribution in [0.3, 0.4) is 0 Å². The standard InChI is InChI=1S/C15H22N2O4/c1-21-10-8-16-14(18)12-17(9-7-15(19)20)11-13-5-3-2-4-6-13/h2-6H,7-12H2,1H3,(H,16,18)(H,19,20). The van der Waals surface area contributed by atoms with Gasteiger partial charge in [-0.15, -0.1) is 0 Å². The topological polar surface area (TPSA) is 78.9 Å². The molecule has 1 amide bonds. The summed E-state index contributed by atoms with van der Waals surface area (Å²) < 4.78 is 4.87. The molecular formula is C15H22N2O4. The normalized spacial score (nSPS) is 10.6. The number of hydrogen-bond donors (Lipinski definition) is 2. The van der Waals surface area contributed by atoms with Crippen molar-refractivity contribution < 1.29 is 19.4 Å². The van der Waals surface area contributed by atoms with Crippen molar-refractivity contribution in [1.82, 2.24) is 10.2 Å². The van der Waals surface area contributed by atoms with Gasteiger partial charge in [0.1, 0.15) is 0 Å². The van der Waals surface area contributed by atoms with Crippen LogP contribution in [0.4, 0.5) is 0 Å². The number of carbonyl (C=O) groups is 2. The molecule has 0 spiro atoms. The monoisotopic (exact) mass is 294 g/mol. The summed E-state index contributed by atoms with van der Waals surface area (Å²) in [6.45, 7) is 1.96. The molecule has 0 saturated carbocycles. The number of carboxylic acid groups (broad SMARTS) is 1. The Hall–Kier alpha value is -1.92. The van der Waals surface area contributed by atoms with Crippen molar-refractivity contribution in [3.8, 4) is 0 Å². The van der Waals surface area contributed by atoms with Crippen LogP contribution < -0.4 is 5.32 Å². The van der Waals surface area contributed by atoms with Crippen molar-refractivity contribution in [1.29, 1.82) is 0 Å². The Labute approximate surface area is 124 Å². The number of methoxy groups -OCH3 is 1. The third kappa shape index (κ3) is 8.06. The van der Waals surface area contributed by atoms with Crippen molar-refractivity contribution in [3.05, 3.63) is 35.9 Å². The van der Waals surface area contributed by atoms with Crippen LogP contribution in [0.1, 0.15) is 12.0 Å². The van der Waals surface area contributed by atoms with Crippen LogP contribution in [0.2, 0.25) is 0 Å². The maximum absolute atomic E-state index is 11.8. The Bertz CT molecular complexity index is 437. The van der Waals surface area contributed by atoms with Crippen molar-refractivity contribution >= 4 is 11.9 Å². The number of ether oxygens (including phenoxy) is 1. The molecule has 116 valence electrons. The highest BCUT2D eigenvalue weighted by molar-refractivity contribution is 5.78. The molecule has 0 aromatic heterocycles. The zero-order chi connectivity index (χ0) is 15.5. The third-order valence-corrected chi connectivity index (χ3v) is 2.89. The molecule has 0 unspecified atom stereocenters. The number of nitrogens with zero attached hydrogens (tertiary/aromatic N) is 1. The molecular weight excluding hydrogens is 272 g/mol. The van der Waals surface area contributed by atoms with Gasteiger partial charge in [0.2, 0.25) is 5.91 Å². The molecule has 6 heteroatoms. The van der Waals surface area contributed by atoms with Gasteiger partial charge < -0.3 is 15.2 Å². The molecule has 0 heterocycles. The first kappa shape index (κ1) is 17.1. The van der Waals surface area contributed by atoms with Gasteiger partial charge in [-0.3, -0.25) is 14.5 Å². The fourth-order valence-electron chi connectivity index (χ4n) is 1.86. The molecule has 0 radical (unpaired) electrons. The summed E-state index contributed by atoms with van der Waals surface area (Å²) in [5.74, 6) is -0.999. The Morgan fingerprint density at radius 3 is 2.62 bits per heavy atom. The molecule has 0 fully saturated rings. The van der Waals surface area contributed by atoms with E-state index in [0.717, 1.165) is 5.56 Å². The van der Waals surface area contributed by atoms with Crippen LogP contribution in [0.5, 0.6) is 0 Å². The lowest BCUT2D eigenvalue weighted by Crippen LogP contribution is -2.39. The second-order valence-electron chi connectivity index (χ2n) is 4.68. The van der Waals surface area contributed by atoms with Crippen molar-refractivity contribution in [2.24, 2.45) is 0 Å². The van der Waals surface area contributed by atoms with Crippen LogP contribution in [0.15, 0.2) is 30.3 Å². The minimum atomic E-state index is -0.868. The van der Waals surface area contributed by atoms with Gasteiger partial charge in [-0.05, 0) is 5.56 Å². The second-order valence-corrected chi connectivity index (χ2v) is 4.68. The summed E-state index contributed by atoms with van der Waals surface area (Å²) in [5, 5.41) is 11.5. The van der Waals surface area contributed by atoms with Gasteiger partial charge in [0.05, 0.1) is 19.6 Å². The Morgan fingerprint density at radius 1 is 1.29 bits per heavy atom. The molecule has 21 heavy (non-hydrogen) atoms. The van der Waals surface area contributed by atoms with E-state index < -0.39 is 5.97 Å². The van der Waals surface area contributed by atoms with Crippen LogP contribution >= 0.6 is 0 Å². The lowest BCUT2D eigenvalue weighted by atomic mass is 10.2. The Morgan fingerprint density at radius 2 is 2.00 bits per heavy atom.